The van der Waals surface area contributed by atoms with E-state index in [4.69, 9.17) is 9.26 Å². The van der Waals surface area contributed by atoms with Crippen molar-refractivity contribution in [3.8, 4) is 5.75 Å². The van der Waals surface area contributed by atoms with Crippen LogP contribution in [0.1, 0.15) is 26.7 Å². The molecule has 0 spiro atoms. The summed E-state index contributed by atoms with van der Waals surface area (Å²) in [6.45, 7) is 7.10. The number of hydrogen-bond acceptors (Lipinski definition) is 5. The smallest absolute Gasteiger partial charge is 0.177 e. The Kier molecular flexibility index (Phi) is 4.19. The first-order valence-electron chi connectivity index (χ1n) is 8.04. The average Bonchev–Trinajstić information content (AvgIpc) is 2.93. The second-order valence-electron chi connectivity index (χ2n) is 6.99. The number of nitrogens with zero attached hydrogens (tertiary/aromatic N) is 2. The fraction of sp³-hybridized carbons (Fsp3) is 0.588. The van der Waals surface area contributed by atoms with Gasteiger partial charge in [0.05, 0.1) is 12.5 Å². The Morgan fingerprint density at radius 2 is 2.04 bits per heavy atom. The van der Waals surface area contributed by atoms with Gasteiger partial charge in [-0.25, -0.2) is 0 Å². The molecule has 5 rings (SSSR count). The van der Waals surface area contributed by atoms with Crippen LogP contribution in [0.5, 0.6) is 5.75 Å². The number of anilines is 1. The molecule has 1 atom stereocenters. The van der Waals surface area contributed by atoms with E-state index in [-0.39, 0.29) is 17.9 Å². The van der Waals surface area contributed by atoms with Gasteiger partial charge in [0.25, 0.3) is 0 Å². The van der Waals surface area contributed by atoms with Crippen LogP contribution in [0.25, 0.3) is 11.0 Å². The quantitative estimate of drug-likeness (QED) is 0.928. The number of rotatable bonds is 3. The summed E-state index contributed by atoms with van der Waals surface area (Å²) in [5.41, 5.74) is 0.916. The van der Waals surface area contributed by atoms with Crippen LogP contribution in [-0.4, -0.2) is 41.8 Å². The summed E-state index contributed by atoms with van der Waals surface area (Å²) in [6.07, 6.45) is 2.54. The van der Waals surface area contributed by atoms with Gasteiger partial charge in [0.15, 0.2) is 11.4 Å². The van der Waals surface area contributed by atoms with Crippen molar-refractivity contribution in [3.63, 3.8) is 0 Å². The highest BCUT2D eigenvalue weighted by atomic mass is 35.5. The molecule has 23 heavy (non-hydrogen) atoms. The van der Waals surface area contributed by atoms with Crippen molar-refractivity contribution in [3.05, 3.63) is 18.2 Å². The second kappa shape index (κ2) is 5.87. The lowest BCUT2D eigenvalue weighted by Gasteiger charge is -2.56. The third-order valence-corrected chi connectivity index (χ3v) is 5.56. The van der Waals surface area contributed by atoms with Crippen LogP contribution in [0.4, 0.5) is 5.82 Å². The zero-order valence-corrected chi connectivity index (χ0v) is 14.7. The van der Waals surface area contributed by atoms with Gasteiger partial charge in [-0.3, -0.25) is 4.90 Å². The number of nitrogens with one attached hydrogen (secondary N) is 1. The number of methoxy groups -OCH3 is 1. The molecule has 2 bridgehead atoms. The molecular formula is C17H24ClN3O2. The number of ether oxygens (including phenoxy) is 1. The number of hydrogen-bond donors (Lipinski definition) is 1. The first kappa shape index (κ1) is 16.4. The zero-order valence-electron chi connectivity index (χ0n) is 13.8. The van der Waals surface area contributed by atoms with Gasteiger partial charge in [0.1, 0.15) is 5.75 Å². The molecule has 4 heterocycles. The molecule has 0 saturated carbocycles. The molecule has 2 aromatic rings. The van der Waals surface area contributed by atoms with E-state index in [1.165, 1.54) is 25.9 Å². The van der Waals surface area contributed by atoms with Gasteiger partial charge in [-0.1, -0.05) is 5.16 Å². The molecular weight excluding hydrogens is 314 g/mol. The molecule has 3 aliphatic heterocycles. The van der Waals surface area contributed by atoms with E-state index in [2.05, 4.69) is 29.2 Å². The molecule has 3 fully saturated rings. The van der Waals surface area contributed by atoms with Gasteiger partial charge < -0.3 is 14.6 Å². The lowest BCUT2D eigenvalue weighted by molar-refractivity contribution is -0.0189. The number of fused-ring (bicyclic) bond motifs is 4. The minimum atomic E-state index is 0. The van der Waals surface area contributed by atoms with Gasteiger partial charge in [0, 0.05) is 17.6 Å². The Morgan fingerprint density at radius 3 is 2.70 bits per heavy atom. The summed E-state index contributed by atoms with van der Waals surface area (Å²) < 4.78 is 10.7. The minimum Gasteiger partial charge on any atom is -0.497 e. The topological polar surface area (TPSA) is 50.5 Å². The van der Waals surface area contributed by atoms with Crippen LogP contribution in [0.15, 0.2) is 22.7 Å². The number of halogens is 1. The molecule has 126 valence electrons. The van der Waals surface area contributed by atoms with Crippen molar-refractivity contribution >= 4 is 29.2 Å². The Hall–Kier alpha value is -1.46. The molecule has 0 aliphatic carbocycles. The third kappa shape index (κ3) is 2.56. The van der Waals surface area contributed by atoms with Crippen LogP contribution >= 0.6 is 12.4 Å². The van der Waals surface area contributed by atoms with E-state index >= 15 is 0 Å². The molecule has 1 unspecified atom stereocenters. The Balaban J connectivity index is 0.00000156. The van der Waals surface area contributed by atoms with Crippen LogP contribution in [-0.2, 0) is 0 Å². The number of benzene rings is 1. The van der Waals surface area contributed by atoms with Crippen LogP contribution in [0.2, 0.25) is 0 Å². The summed E-state index contributed by atoms with van der Waals surface area (Å²) in [4.78, 5) is 2.59. The van der Waals surface area contributed by atoms with Gasteiger partial charge in [0.2, 0.25) is 0 Å². The SMILES string of the molecule is COc1ccc2c(NC3C4CCN(CC4)C3(C)C)noc2c1.Cl. The lowest BCUT2D eigenvalue weighted by atomic mass is 9.72. The van der Waals surface area contributed by atoms with Gasteiger partial charge in [-0.05, 0) is 57.8 Å². The fourth-order valence-corrected chi connectivity index (χ4v) is 4.17. The molecule has 6 heteroatoms. The predicted octanol–water partition coefficient (Wildman–Crippen LogP) is 3.54. The monoisotopic (exact) mass is 337 g/mol. The summed E-state index contributed by atoms with van der Waals surface area (Å²) in [6, 6.07) is 6.26. The standard InChI is InChI=1S/C17H23N3O2.ClH/c1-17(2)15(11-6-8-20(17)9-7-11)18-16-13-5-4-12(21-3)10-14(13)22-19-16;/h4-5,10-11,15H,6-9H2,1-3H3,(H,18,19);1H. The first-order valence-corrected chi connectivity index (χ1v) is 8.04. The van der Waals surface area contributed by atoms with Crippen LogP contribution in [0, 0.1) is 5.92 Å². The average molecular weight is 338 g/mol. The molecule has 3 aliphatic rings. The van der Waals surface area contributed by atoms with E-state index < -0.39 is 0 Å². The van der Waals surface area contributed by atoms with Crippen molar-refractivity contribution in [2.24, 2.45) is 5.92 Å². The Morgan fingerprint density at radius 1 is 1.30 bits per heavy atom. The van der Waals surface area contributed by atoms with Crippen molar-refractivity contribution < 1.29 is 9.26 Å². The third-order valence-electron chi connectivity index (χ3n) is 5.56. The van der Waals surface area contributed by atoms with E-state index in [9.17, 15) is 0 Å². The second-order valence-corrected chi connectivity index (χ2v) is 6.99. The minimum absolute atomic E-state index is 0. The van der Waals surface area contributed by atoms with Crippen molar-refractivity contribution in [1.82, 2.24) is 10.1 Å². The maximum absolute atomic E-state index is 5.48. The maximum atomic E-state index is 5.48. The molecule has 1 N–H and O–H groups in total. The van der Waals surface area contributed by atoms with Crippen molar-refractivity contribution in [1.29, 1.82) is 0 Å². The van der Waals surface area contributed by atoms with Gasteiger partial charge in [-0.15, -0.1) is 12.4 Å². The molecule has 3 saturated heterocycles. The zero-order chi connectivity index (χ0) is 15.3. The van der Waals surface area contributed by atoms with Crippen molar-refractivity contribution in [2.45, 2.75) is 38.3 Å². The normalized spacial score (nSPS) is 28.4. The van der Waals surface area contributed by atoms with Crippen molar-refractivity contribution in [2.75, 3.05) is 25.5 Å². The maximum Gasteiger partial charge on any atom is 0.177 e. The van der Waals surface area contributed by atoms with E-state index in [1.807, 2.05) is 18.2 Å². The molecule has 0 radical (unpaired) electrons. The summed E-state index contributed by atoms with van der Waals surface area (Å²) >= 11 is 0. The number of piperidine rings is 3. The van der Waals surface area contributed by atoms with E-state index in [1.54, 1.807) is 7.11 Å². The highest BCUT2D eigenvalue weighted by Crippen LogP contribution is 2.41. The molecule has 1 aromatic heterocycles. The summed E-state index contributed by atoms with van der Waals surface area (Å²) in [5.74, 6) is 2.35. The molecule has 0 amide bonds. The highest BCUT2D eigenvalue weighted by Gasteiger charge is 2.47. The Bertz CT molecular complexity index is 692. The van der Waals surface area contributed by atoms with Crippen LogP contribution < -0.4 is 10.1 Å². The van der Waals surface area contributed by atoms with E-state index in [0.717, 1.165) is 22.5 Å². The summed E-state index contributed by atoms with van der Waals surface area (Å²) in [5, 5.41) is 8.95. The lowest BCUT2D eigenvalue weighted by Crippen LogP contribution is -2.66. The summed E-state index contributed by atoms with van der Waals surface area (Å²) in [7, 11) is 1.66. The highest BCUT2D eigenvalue weighted by molar-refractivity contribution is 5.89. The molecule has 5 nitrogen and oxygen atoms in total. The largest absolute Gasteiger partial charge is 0.497 e. The van der Waals surface area contributed by atoms with E-state index in [0.29, 0.717) is 12.0 Å². The first-order chi connectivity index (χ1) is 10.6. The molecule has 1 aromatic carbocycles. The van der Waals surface area contributed by atoms with Gasteiger partial charge >= 0.3 is 0 Å². The predicted molar refractivity (Wildman–Crippen MR) is 93.6 cm³/mol. The van der Waals surface area contributed by atoms with Crippen LogP contribution in [0.3, 0.4) is 0 Å². The fourth-order valence-electron chi connectivity index (χ4n) is 4.17. The Labute approximate surface area is 142 Å². The van der Waals surface area contributed by atoms with Gasteiger partial charge in [-0.2, -0.15) is 0 Å². The number of aromatic nitrogens is 1.